The van der Waals surface area contributed by atoms with Gasteiger partial charge in [-0.05, 0) is 18.6 Å². The second-order valence-corrected chi connectivity index (χ2v) is 5.54. The van der Waals surface area contributed by atoms with E-state index in [2.05, 4.69) is 10.6 Å². The molecule has 0 spiro atoms. The molecule has 0 saturated carbocycles. The summed E-state index contributed by atoms with van der Waals surface area (Å²) in [5.41, 5.74) is 2.41. The number of rotatable bonds is 5. The predicted molar refractivity (Wildman–Crippen MR) is 98.1 cm³/mol. The van der Waals surface area contributed by atoms with Gasteiger partial charge in [0.2, 0.25) is 6.10 Å². The van der Waals surface area contributed by atoms with Crippen LogP contribution in [0.15, 0.2) is 60.7 Å². The van der Waals surface area contributed by atoms with Crippen LogP contribution in [0.4, 0.5) is 4.79 Å². The summed E-state index contributed by atoms with van der Waals surface area (Å²) in [6.07, 6.45) is 1.61. The van der Waals surface area contributed by atoms with E-state index in [9.17, 15) is 14.4 Å². The molecule has 3 amide bonds. The van der Waals surface area contributed by atoms with E-state index in [-0.39, 0.29) is 0 Å². The lowest BCUT2D eigenvalue weighted by Crippen LogP contribution is -2.41. The Hall–Kier alpha value is -3.41. The zero-order valence-corrected chi connectivity index (χ0v) is 14.6. The molecule has 0 unspecified atom stereocenters. The van der Waals surface area contributed by atoms with Gasteiger partial charge in [0.15, 0.2) is 0 Å². The molecule has 26 heavy (non-hydrogen) atoms. The van der Waals surface area contributed by atoms with Crippen molar-refractivity contribution in [1.29, 1.82) is 0 Å². The average Bonchev–Trinajstić information content (AvgIpc) is 2.66. The fraction of sp³-hybridized carbons (Fsp3) is 0.150. The third-order valence-electron chi connectivity index (χ3n) is 3.53. The highest BCUT2D eigenvalue weighted by Gasteiger charge is 2.25. The van der Waals surface area contributed by atoms with Crippen LogP contribution in [0.3, 0.4) is 0 Å². The van der Waals surface area contributed by atoms with Crippen molar-refractivity contribution >= 4 is 24.0 Å². The van der Waals surface area contributed by atoms with Crippen LogP contribution in [0.1, 0.15) is 22.8 Å². The van der Waals surface area contributed by atoms with Gasteiger partial charge in [0.05, 0.1) is 0 Å². The van der Waals surface area contributed by atoms with Crippen LogP contribution in [-0.4, -0.2) is 25.0 Å². The number of hydrogen-bond donors (Lipinski definition) is 2. The van der Waals surface area contributed by atoms with Crippen molar-refractivity contribution in [1.82, 2.24) is 10.6 Å². The topological polar surface area (TPSA) is 84.5 Å². The molecule has 2 aromatic carbocycles. The molecular formula is C20H20N2O4. The molecule has 0 aromatic heterocycles. The molecule has 6 nitrogen and oxygen atoms in total. The van der Waals surface area contributed by atoms with Crippen LogP contribution in [0.25, 0.3) is 6.08 Å². The number of aryl methyl sites for hydroxylation is 1. The Labute approximate surface area is 151 Å². The summed E-state index contributed by atoms with van der Waals surface area (Å²) < 4.78 is 5.27. The summed E-state index contributed by atoms with van der Waals surface area (Å²) in [7, 11) is 1.39. The van der Waals surface area contributed by atoms with Crippen LogP contribution in [0.5, 0.6) is 0 Å². The van der Waals surface area contributed by atoms with Crippen LogP contribution >= 0.6 is 0 Å². The molecule has 2 aromatic rings. The number of nitrogens with one attached hydrogen (secondary N) is 2. The van der Waals surface area contributed by atoms with Crippen molar-refractivity contribution in [3.05, 3.63) is 77.4 Å². The SMILES string of the molecule is CNC(=O)NC(=O)[C@H](OC(=O)/C=C/c1ccc(C)cc1)c1ccccc1. The van der Waals surface area contributed by atoms with Gasteiger partial charge in [-0.2, -0.15) is 0 Å². The fourth-order valence-corrected chi connectivity index (χ4v) is 2.14. The van der Waals surface area contributed by atoms with Gasteiger partial charge in [-0.15, -0.1) is 0 Å². The van der Waals surface area contributed by atoms with Crippen LogP contribution in [0.2, 0.25) is 0 Å². The minimum absolute atomic E-state index is 0.464. The number of benzene rings is 2. The van der Waals surface area contributed by atoms with E-state index in [4.69, 9.17) is 4.74 Å². The van der Waals surface area contributed by atoms with Gasteiger partial charge in [-0.25, -0.2) is 9.59 Å². The summed E-state index contributed by atoms with van der Waals surface area (Å²) in [5.74, 6) is -1.42. The Morgan fingerprint density at radius 3 is 2.27 bits per heavy atom. The molecule has 0 heterocycles. The van der Waals surface area contributed by atoms with Gasteiger partial charge in [-0.3, -0.25) is 10.1 Å². The zero-order valence-electron chi connectivity index (χ0n) is 14.6. The second kappa shape index (κ2) is 9.17. The van der Waals surface area contributed by atoms with E-state index in [0.717, 1.165) is 11.1 Å². The summed E-state index contributed by atoms with van der Waals surface area (Å²) in [5, 5.41) is 4.40. The number of ether oxygens (including phenoxy) is 1. The molecule has 1 atom stereocenters. The van der Waals surface area contributed by atoms with Crippen molar-refractivity contribution in [2.45, 2.75) is 13.0 Å². The highest BCUT2D eigenvalue weighted by atomic mass is 16.5. The first-order chi connectivity index (χ1) is 12.5. The van der Waals surface area contributed by atoms with Crippen molar-refractivity contribution in [3.63, 3.8) is 0 Å². The van der Waals surface area contributed by atoms with E-state index in [1.165, 1.54) is 13.1 Å². The van der Waals surface area contributed by atoms with E-state index in [1.807, 2.05) is 31.2 Å². The Morgan fingerprint density at radius 2 is 1.65 bits per heavy atom. The summed E-state index contributed by atoms with van der Waals surface area (Å²) in [6, 6.07) is 15.4. The Balaban J connectivity index is 2.12. The van der Waals surface area contributed by atoms with E-state index >= 15 is 0 Å². The smallest absolute Gasteiger partial charge is 0.331 e. The monoisotopic (exact) mass is 352 g/mol. The molecule has 0 bridgehead atoms. The quantitative estimate of drug-likeness (QED) is 0.640. The van der Waals surface area contributed by atoms with Crippen LogP contribution < -0.4 is 10.6 Å². The number of amides is 3. The number of carbonyl (C=O) groups excluding carboxylic acids is 3. The van der Waals surface area contributed by atoms with Gasteiger partial charge in [0, 0.05) is 18.7 Å². The molecule has 0 saturated heterocycles. The van der Waals surface area contributed by atoms with E-state index in [0.29, 0.717) is 5.56 Å². The van der Waals surface area contributed by atoms with Crippen molar-refractivity contribution in [2.75, 3.05) is 7.05 Å². The maximum Gasteiger partial charge on any atom is 0.331 e. The molecule has 0 aliphatic rings. The van der Waals surface area contributed by atoms with Crippen molar-refractivity contribution in [2.24, 2.45) is 0 Å². The third-order valence-corrected chi connectivity index (χ3v) is 3.53. The molecule has 0 aliphatic carbocycles. The highest BCUT2D eigenvalue weighted by molar-refractivity contribution is 5.98. The highest BCUT2D eigenvalue weighted by Crippen LogP contribution is 2.18. The minimum atomic E-state index is -1.23. The minimum Gasteiger partial charge on any atom is -0.444 e. The lowest BCUT2D eigenvalue weighted by Gasteiger charge is -2.16. The standard InChI is InChI=1S/C20H20N2O4/c1-14-8-10-15(11-9-14)12-13-17(23)26-18(16-6-4-3-5-7-16)19(24)22-20(25)21-2/h3-13,18H,1-2H3,(H2,21,22,24,25)/b13-12+/t18-/m1/s1. The molecule has 134 valence electrons. The number of imide groups is 1. The fourth-order valence-electron chi connectivity index (χ4n) is 2.14. The molecular weight excluding hydrogens is 332 g/mol. The second-order valence-electron chi connectivity index (χ2n) is 5.54. The normalized spacial score (nSPS) is 11.6. The van der Waals surface area contributed by atoms with Gasteiger partial charge in [0.25, 0.3) is 5.91 Å². The first-order valence-corrected chi connectivity index (χ1v) is 8.02. The lowest BCUT2D eigenvalue weighted by atomic mass is 10.1. The number of carbonyl (C=O) groups is 3. The Morgan fingerprint density at radius 1 is 1.00 bits per heavy atom. The molecule has 6 heteroatoms. The van der Waals surface area contributed by atoms with Crippen LogP contribution in [0, 0.1) is 6.92 Å². The van der Waals surface area contributed by atoms with Crippen molar-refractivity contribution < 1.29 is 19.1 Å². The van der Waals surface area contributed by atoms with Crippen LogP contribution in [-0.2, 0) is 14.3 Å². The first kappa shape index (κ1) is 18.9. The number of hydrogen-bond acceptors (Lipinski definition) is 4. The van der Waals surface area contributed by atoms with Crippen molar-refractivity contribution in [3.8, 4) is 0 Å². The molecule has 0 radical (unpaired) electrons. The first-order valence-electron chi connectivity index (χ1n) is 8.02. The molecule has 2 N–H and O–H groups in total. The maximum atomic E-state index is 12.3. The van der Waals surface area contributed by atoms with Gasteiger partial charge in [-0.1, -0.05) is 60.2 Å². The largest absolute Gasteiger partial charge is 0.444 e. The summed E-state index contributed by atoms with van der Waals surface area (Å²) in [4.78, 5) is 35.8. The molecule has 2 rings (SSSR count). The Bertz CT molecular complexity index is 798. The Kier molecular flexibility index (Phi) is 6.68. The maximum absolute atomic E-state index is 12.3. The number of urea groups is 1. The third kappa shape index (κ3) is 5.59. The van der Waals surface area contributed by atoms with E-state index < -0.39 is 24.0 Å². The van der Waals surface area contributed by atoms with Gasteiger partial charge < -0.3 is 10.1 Å². The molecule has 0 aliphatic heterocycles. The average molecular weight is 352 g/mol. The summed E-state index contributed by atoms with van der Waals surface area (Å²) >= 11 is 0. The summed E-state index contributed by atoms with van der Waals surface area (Å²) in [6.45, 7) is 1.97. The molecule has 0 fully saturated rings. The van der Waals surface area contributed by atoms with Gasteiger partial charge in [0.1, 0.15) is 0 Å². The van der Waals surface area contributed by atoms with E-state index in [1.54, 1.807) is 36.4 Å². The van der Waals surface area contributed by atoms with Gasteiger partial charge >= 0.3 is 12.0 Å². The number of esters is 1. The predicted octanol–water partition coefficient (Wildman–Crippen LogP) is 2.75. The lowest BCUT2D eigenvalue weighted by molar-refractivity contribution is -0.151. The zero-order chi connectivity index (χ0) is 18.9.